The summed E-state index contributed by atoms with van der Waals surface area (Å²) >= 11 is 0. The zero-order valence-corrected chi connectivity index (χ0v) is 13.1. The Morgan fingerprint density at radius 1 is 0.870 bits per heavy atom. The Hall–Kier alpha value is -2.74. The topological polar surface area (TPSA) is 21.3 Å². The number of ether oxygens (including phenoxy) is 1. The molecular formula is C21H19NO. The second-order valence-electron chi connectivity index (χ2n) is 5.91. The average molecular weight is 301 g/mol. The number of hydrogen-bond acceptors (Lipinski definition) is 2. The summed E-state index contributed by atoms with van der Waals surface area (Å²) in [5.41, 5.74) is 6.36. The van der Waals surface area contributed by atoms with Crippen LogP contribution in [-0.2, 0) is 6.42 Å². The van der Waals surface area contributed by atoms with Crippen LogP contribution in [0.25, 0.3) is 11.1 Å². The van der Waals surface area contributed by atoms with Crippen molar-refractivity contribution in [1.82, 2.24) is 0 Å². The van der Waals surface area contributed by atoms with Crippen molar-refractivity contribution in [3.05, 3.63) is 83.9 Å². The van der Waals surface area contributed by atoms with Crippen LogP contribution in [0.4, 0.5) is 5.69 Å². The second-order valence-corrected chi connectivity index (χ2v) is 5.91. The summed E-state index contributed by atoms with van der Waals surface area (Å²) in [6.07, 6.45) is 0.997. The smallest absolute Gasteiger partial charge is 0.119 e. The summed E-state index contributed by atoms with van der Waals surface area (Å²) in [5.74, 6) is 0.922. The highest BCUT2D eigenvalue weighted by molar-refractivity contribution is 5.65. The highest BCUT2D eigenvalue weighted by Gasteiger charge is 2.22. The van der Waals surface area contributed by atoms with Crippen molar-refractivity contribution < 1.29 is 4.74 Å². The van der Waals surface area contributed by atoms with Gasteiger partial charge in [0, 0.05) is 5.69 Å². The number of anilines is 1. The minimum atomic E-state index is 0.335. The molecule has 0 fully saturated rings. The molecule has 0 aromatic heterocycles. The molecule has 0 spiro atoms. The van der Waals surface area contributed by atoms with E-state index in [9.17, 15) is 0 Å². The van der Waals surface area contributed by atoms with Gasteiger partial charge >= 0.3 is 0 Å². The van der Waals surface area contributed by atoms with E-state index in [1.54, 1.807) is 7.11 Å². The summed E-state index contributed by atoms with van der Waals surface area (Å²) in [6.45, 7) is 0. The van der Waals surface area contributed by atoms with Gasteiger partial charge in [-0.05, 0) is 46.9 Å². The number of nitrogens with one attached hydrogen (secondary N) is 1. The van der Waals surface area contributed by atoms with Crippen LogP contribution in [0, 0.1) is 0 Å². The summed E-state index contributed by atoms with van der Waals surface area (Å²) < 4.78 is 5.32. The molecule has 0 saturated carbocycles. The molecule has 1 N–H and O–H groups in total. The molecule has 3 aromatic rings. The van der Waals surface area contributed by atoms with E-state index >= 15 is 0 Å². The molecule has 4 rings (SSSR count). The average Bonchev–Trinajstić information content (AvgIpc) is 3.05. The number of rotatable bonds is 3. The monoisotopic (exact) mass is 301 g/mol. The molecule has 2 nitrogen and oxygen atoms in total. The van der Waals surface area contributed by atoms with Crippen LogP contribution < -0.4 is 10.1 Å². The van der Waals surface area contributed by atoms with E-state index in [0.29, 0.717) is 6.04 Å². The van der Waals surface area contributed by atoms with Gasteiger partial charge < -0.3 is 10.1 Å². The molecule has 1 aliphatic rings. The number of fused-ring (bicyclic) bond motifs is 1. The van der Waals surface area contributed by atoms with E-state index in [0.717, 1.165) is 12.2 Å². The number of benzene rings is 3. The third-order valence-corrected chi connectivity index (χ3v) is 4.49. The van der Waals surface area contributed by atoms with Crippen molar-refractivity contribution >= 4 is 5.69 Å². The molecule has 0 saturated heterocycles. The van der Waals surface area contributed by atoms with Crippen molar-refractivity contribution in [3.8, 4) is 16.9 Å². The van der Waals surface area contributed by atoms with Gasteiger partial charge in [0.1, 0.15) is 5.75 Å². The standard InChI is InChI=1S/C21H19NO/c1-23-19-11-12-20-18(13-19)14-21(22-20)17-9-7-16(8-10-17)15-5-3-2-4-6-15/h2-13,21-22H,14H2,1H3. The van der Waals surface area contributed by atoms with Crippen LogP contribution >= 0.6 is 0 Å². The Morgan fingerprint density at radius 3 is 2.35 bits per heavy atom. The summed E-state index contributed by atoms with van der Waals surface area (Å²) in [5, 5.41) is 3.61. The lowest BCUT2D eigenvalue weighted by Gasteiger charge is -2.12. The molecule has 1 unspecified atom stereocenters. The molecule has 1 heterocycles. The van der Waals surface area contributed by atoms with Crippen LogP contribution in [0.5, 0.6) is 5.75 Å². The van der Waals surface area contributed by atoms with Gasteiger partial charge in [-0.1, -0.05) is 54.6 Å². The molecule has 3 aromatic carbocycles. The highest BCUT2D eigenvalue weighted by Crippen LogP contribution is 2.36. The van der Waals surface area contributed by atoms with Gasteiger partial charge in [-0.25, -0.2) is 0 Å². The Morgan fingerprint density at radius 2 is 1.61 bits per heavy atom. The molecule has 0 aliphatic carbocycles. The molecule has 0 amide bonds. The number of hydrogen-bond donors (Lipinski definition) is 1. The van der Waals surface area contributed by atoms with E-state index in [1.165, 1.54) is 27.9 Å². The first kappa shape index (κ1) is 13.9. The van der Waals surface area contributed by atoms with Crippen LogP contribution in [0.1, 0.15) is 17.2 Å². The van der Waals surface area contributed by atoms with E-state index in [-0.39, 0.29) is 0 Å². The molecule has 2 heteroatoms. The van der Waals surface area contributed by atoms with Crippen molar-refractivity contribution in [2.75, 3.05) is 12.4 Å². The maximum absolute atomic E-state index is 5.32. The van der Waals surface area contributed by atoms with Crippen LogP contribution in [-0.4, -0.2) is 7.11 Å². The van der Waals surface area contributed by atoms with Gasteiger partial charge in [0.05, 0.1) is 13.2 Å². The fourth-order valence-corrected chi connectivity index (χ4v) is 3.21. The Labute approximate surface area is 136 Å². The van der Waals surface area contributed by atoms with E-state index in [2.05, 4.69) is 66.0 Å². The van der Waals surface area contributed by atoms with Crippen molar-refractivity contribution in [2.24, 2.45) is 0 Å². The lowest BCUT2D eigenvalue weighted by molar-refractivity contribution is 0.414. The Balaban J connectivity index is 1.56. The Bertz CT molecular complexity index is 809. The predicted octanol–water partition coefficient (Wildman–Crippen LogP) is 5.07. The molecule has 1 atom stereocenters. The maximum atomic E-state index is 5.32. The first-order valence-corrected chi connectivity index (χ1v) is 7.92. The van der Waals surface area contributed by atoms with Gasteiger partial charge in [0.15, 0.2) is 0 Å². The van der Waals surface area contributed by atoms with Crippen LogP contribution in [0.3, 0.4) is 0 Å². The lowest BCUT2D eigenvalue weighted by Crippen LogP contribution is -2.05. The molecule has 23 heavy (non-hydrogen) atoms. The quantitative estimate of drug-likeness (QED) is 0.729. The lowest BCUT2D eigenvalue weighted by atomic mass is 9.99. The second kappa shape index (κ2) is 5.81. The SMILES string of the molecule is COc1ccc2c(c1)CC(c1ccc(-c3ccccc3)cc1)N2. The van der Waals surface area contributed by atoms with Gasteiger partial charge in [-0.3, -0.25) is 0 Å². The van der Waals surface area contributed by atoms with Gasteiger partial charge in [0.25, 0.3) is 0 Å². The molecule has 114 valence electrons. The van der Waals surface area contributed by atoms with Gasteiger partial charge in [-0.2, -0.15) is 0 Å². The third-order valence-electron chi connectivity index (χ3n) is 4.49. The van der Waals surface area contributed by atoms with Crippen molar-refractivity contribution in [1.29, 1.82) is 0 Å². The predicted molar refractivity (Wildman–Crippen MR) is 94.9 cm³/mol. The summed E-state index contributed by atoms with van der Waals surface area (Å²) in [4.78, 5) is 0. The number of methoxy groups -OCH3 is 1. The zero-order chi connectivity index (χ0) is 15.6. The summed E-state index contributed by atoms with van der Waals surface area (Å²) in [7, 11) is 1.71. The fourth-order valence-electron chi connectivity index (χ4n) is 3.21. The van der Waals surface area contributed by atoms with Gasteiger partial charge in [0.2, 0.25) is 0 Å². The fraction of sp³-hybridized carbons (Fsp3) is 0.143. The minimum absolute atomic E-state index is 0.335. The van der Waals surface area contributed by atoms with Crippen LogP contribution in [0.2, 0.25) is 0 Å². The van der Waals surface area contributed by atoms with E-state index in [1.807, 2.05) is 12.1 Å². The molecule has 1 aliphatic heterocycles. The van der Waals surface area contributed by atoms with E-state index in [4.69, 9.17) is 4.74 Å². The minimum Gasteiger partial charge on any atom is -0.497 e. The van der Waals surface area contributed by atoms with Gasteiger partial charge in [-0.15, -0.1) is 0 Å². The van der Waals surface area contributed by atoms with E-state index < -0.39 is 0 Å². The first-order chi connectivity index (χ1) is 11.3. The highest BCUT2D eigenvalue weighted by atomic mass is 16.5. The summed E-state index contributed by atoms with van der Waals surface area (Å²) in [6, 6.07) is 25.9. The zero-order valence-electron chi connectivity index (χ0n) is 13.1. The molecule has 0 radical (unpaired) electrons. The largest absolute Gasteiger partial charge is 0.497 e. The molecular weight excluding hydrogens is 282 g/mol. The van der Waals surface area contributed by atoms with Crippen molar-refractivity contribution in [2.45, 2.75) is 12.5 Å². The first-order valence-electron chi connectivity index (χ1n) is 7.92. The maximum Gasteiger partial charge on any atom is 0.119 e. The normalized spacial score (nSPS) is 15.8. The molecule has 0 bridgehead atoms. The third kappa shape index (κ3) is 2.68. The van der Waals surface area contributed by atoms with Crippen molar-refractivity contribution in [3.63, 3.8) is 0 Å². The Kier molecular flexibility index (Phi) is 3.51. The van der Waals surface area contributed by atoms with Crippen LogP contribution in [0.15, 0.2) is 72.8 Å².